The first kappa shape index (κ1) is 20.8. The minimum absolute atomic E-state index is 0.0129. The van der Waals surface area contributed by atoms with Gasteiger partial charge in [-0.2, -0.15) is 18.4 Å². The highest BCUT2D eigenvalue weighted by Crippen LogP contribution is 2.55. The van der Waals surface area contributed by atoms with Crippen molar-refractivity contribution < 1.29 is 22.8 Å². The predicted molar refractivity (Wildman–Crippen MR) is 113 cm³/mol. The van der Waals surface area contributed by atoms with E-state index in [-0.39, 0.29) is 41.2 Å². The second-order valence-electron chi connectivity index (χ2n) is 8.07. The lowest BCUT2D eigenvalue weighted by atomic mass is 9.64. The number of alkyl halides is 3. The van der Waals surface area contributed by atoms with E-state index in [4.69, 9.17) is 5.73 Å². The standard InChI is InChI=1S/C24H17F3N4O2/c25-24(26,27)14-7-2-4-9-17(14)31-18-10-5-11-19(32)20(18)23(15(12-28)21(31)29)13-6-1-3-8-16(13)30-22(23)33/h1-4,6-9H,5,10-11,29H2,(H,30,33). The third kappa shape index (κ3) is 2.67. The molecule has 0 aromatic heterocycles. The average molecular weight is 450 g/mol. The van der Waals surface area contributed by atoms with Crippen LogP contribution in [0.1, 0.15) is 30.4 Å². The minimum atomic E-state index is -4.70. The number of rotatable bonds is 1. The van der Waals surface area contributed by atoms with Gasteiger partial charge in [-0.15, -0.1) is 0 Å². The SMILES string of the molecule is N#CC1=C(N)N(c2ccccc2C(F)(F)F)C2=C(C(=O)CCC2)C12C(=O)Nc1ccccc12. The van der Waals surface area contributed by atoms with Crippen LogP contribution in [0.5, 0.6) is 0 Å². The fourth-order valence-electron chi connectivity index (χ4n) is 5.13. The summed E-state index contributed by atoms with van der Waals surface area (Å²) >= 11 is 0. The molecule has 3 aliphatic rings. The summed E-state index contributed by atoms with van der Waals surface area (Å²) in [7, 11) is 0. The van der Waals surface area contributed by atoms with E-state index >= 15 is 0 Å². The topological polar surface area (TPSA) is 99.2 Å². The number of ketones is 1. The predicted octanol–water partition coefficient (Wildman–Crippen LogP) is 4.12. The zero-order chi connectivity index (χ0) is 23.5. The van der Waals surface area contributed by atoms with Crippen molar-refractivity contribution in [1.29, 1.82) is 5.26 Å². The number of nitrogens with two attached hydrogens (primary N) is 1. The van der Waals surface area contributed by atoms with Crippen LogP contribution in [0.15, 0.2) is 71.2 Å². The van der Waals surface area contributed by atoms with Crippen molar-refractivity contribution in [2.75, 3.05) is 10.2 Å². The van der Waals surface area contributed by atoms with Crippen molar-refractivity contribution in [2.24, 2.45) is 5.73 Å². The molecule has 2 aliphatic heterocycles. The summed E-state index contributed by atoms with van der Waals surface area (Å²) in [6, 6.07) is 13.4. The van der Waals surface area contributed by atoms with Crippen molar-refractivity contribution in [3.05, 3.63) is 82.3 Å². The second kappa shape index (κ2) is 6.97. The molecule has 1 amide bonds. The van der Waals surface area contributed by atoms with Gasteiger partial charge in [-0.05, 0) is 31.0 Å². The molecule has 1 unspecified atom stereocenters. The van der Waals surface area contributed by atoms with E-state index in [0.29, 0.717) is 17.7 Å². The quantitative estimate of drug-likeness (QED) is 0.681. The van der Waals surface area contributed by atoms with E-state index in [1.54, 1.807) is 24.3 Å². The lowest BCUT2D eigenvalue weighted by Crippen LogP contribution is -2.51. The summed E-state index contributed by atoms with van der Waals surface area (Å²) in [4.78, 5) is 27.9. The molecule has 6 nitrogen and oxygen atoms in total. The van der Waals surface area contributed by atoms with Crippen LogP contribution in [0.3, 0.4) is 0 Å². The van der Waals surface area contributed by atoms with E-state index in [2.05, 4.69) is 5.32 Å². The maximum absolute atomic E-state index is 13.9. The van der Waals surface area contributed by atoms with E-state index in [9.17, 15) is 28.0 Å². The molecule has 166 valence electrons. The monoisotopic (exact) mass is 450 g/mol. The maximum atomic E-state index is 13.9. The summed E-state index contributed by atoms with van der Waals surface area (Å²) in [5.41, 5.74) is 4.12. The second-order valence-corrected chi connectivity index (χ2v) is 8.07. The van der Waals surface area contributed by atoms with Gasteiger partial charge in [-0.25, -0.2) is 0 Å². The first-order valence-corrected chi connectivity index (χ1v) is 10.3. The van der Waals surface area contributed by atoms with Crippen LogP contribution < -0.4 is 16.0 Å². The van der Waals surface area contributed by atoms with Gasteiger partial charge >= 0.3 is 6.18 Å². The molecule has 0 radical (unpaired) electrons. The van der Waals surface area contributed by atoms with Crippen molar-refractivity contribution in [2.45, 2.75) is 30.9 Å². The molecule has 0 saturated carbocycles. The van der Waals surface area contributed by atoms with Crippen LogP contribution in [0, 0.1) is 11.3 Å². The van der Waals surface area contributed by atoms with Crippen LogP contribution in [0.2, 0.25) is 0 Å². The number of carbonyl (C=O) groups is 2. The number of allylic oxidation sites excluding steroid dienone is 1. The van der Waals surface area contributed by atoms with Crippen molar-refractivity contribution in [3.63, 3.8) is 0 Å². The molecule has 9 heteroatoms. The van der Waals surface area contributed by atoms with Gasteiger partial charge in [0.15, 0.2) is 5.78 Å². The molecule has 0 fully saturated rings. The number of amides is 1. The fourth-order valence-corrected chi connectivity index (χ4v) is 5.13. The van der Waals surface area contributed by atoms with Crippen LogP contribution in [-0.4, -0.2) is 11.7 Å². The number of nitrogens with one attached hydrogen (secondary N) is 1. The number of halogens is 3. The Hall–Kier alpha value is -4.06. The van der Waals surface area contributed by atoms with Crippen LogP contribution >= 0.6 is 0 Å². The molecule has 2 aromatic rings. The van der Waals surface area contributed by atoms with Gasteiger partial charge in [0.1, 0.15) is 17.3 Å². The van der Waals surface area contributed by atoms with Crippen molar-refractivity contribution in [1.82, 2.24) is 0 Å². The molecule has 33 heavy (non-hydrogen) atoms. The number of hydrogen-bond donors (Lipinski definition) is 2. The third-order valence-corrected chi connectivity index (χ3v) is 6.38. The summed E-state index contributed by atoms with van der Waals surface area (Å²) in [5, 5.41) is 12.9. The number of Topliss-reactive ketones (excluding diaryl/α,β-unsaturated/α-hetero) is 1. The largest absolute Gasteiger partial charge is 0.418 e. The summed E-state index contributed by atoms with van der Waals surface area (Å²) < 4.78 is 41.6. The molecule has 1 atom stereocenters. The zero-order valence-corrected chi connectivity index (χ0v) is 17.2. The van der Waals surface area contributed by atoms with Gasteiger partial charge in [0, 0.05) is 28.9 Å². The van der Waals surface area contributed by atoms with Gasteiger partial charge in [-0.3, -0.25) is 14.5 Å². The number of hydrogen-bond acceptors (Lipinski definition) is 5. The first-order chi connectivity index (χ1) is 15.7. The Morgan fingerprint density at radius 2 is 1.76 bits per heavy atom. The number of carbonyl (C=O) groups excluding carboxylic acids is 2. The molecular weight excluding hydrogens is 433 g/mol. The van der Waals surface area contributed by atoms with Crippen LogP contribution in [0.25, 0.3) is 0 Å². The van der Waals surface area contributed by atoms with Gasteiger partial charge < -0.3 is 11.1 Å². The molecule has 1 aliphatic carbocycles. The Kier molecular flexibility index (Phi) is 4.40. The van der Waals surface area contributed by atoms with Crippen molar-refractivity contribution in [3.8, 4) is 6.07 Å². The highest BCUT2D eigenvalue weighted by atomic mass is 19.4. The van der Waals surface area contributed by atoms with Gasteiger partial charge in [-0.1, -0.05) is 30.3 Å². The fraction of sp³-hybridized carbons (Fsp3) is 0.208. The maximum Gasteiger partial charge on any atom is 0.418 e. The van der Waals surface area contributed by atoms with Gasteiger partial charge in [0.2, 0.25) is 5.91 Å². The van der Waals surface area contributed by atoms with E-state index in [1.807, 2.05) is 6.07 Å². The number of nitrogens with zero attached hydrogens (tertiary/aromatic N) is 2. The van der Waals surface area contributed by atoms with E-state index in [1.165, 1.54) is 18.2 Å². The highest BCUT2D eigenvalue weighted by molar-refractivity contribution is 6.19. The lowest BCUT2D eigenvalue weighted by Gasteiger charge is -2.44. The Morgan fingerprint density at radius 3 is 2.48 bits per heavy atom. The summed E-state index contributed by atoms with van der Waals surface area (Å²) in [5.74, 6) is -1.30. The Balaban J connectivity index is 1.89. The smallest absolute Gasteiger partial charge is 0.384 e. The number of anilines is 2. The molecule has 2 heterocycles. The molecule has 2 aromatic carbocycles. The van der Waals surface area contributed by atoms with Crippen molar-refractivity contribution >= 4 is 23.1 Å². The summed E-state index contributed by atoms with van der Waals surface area (Å²) in [6.07, 6.45) is -3.97. The number of nitriles is 1. The highest BCUT2D eigenvalue weighted by Gasteiger charge is 2.60. The minimum Gasteiger partial charge on any atom is -0.384 e. The molecular formula is C24H17F3N4O2. The number of benzene rings is 2. The van der Waals surface area contributed by atoms with Crippen LogP contribution in [-0.2, 0) is 21.2 Å². The summed E-state index contributed by atoms with van der Waals surface area (Å²) in [6.45, 7) is 0. The Labute approximate surface area is 186 Å². The normalized spacial score (nSPS) is 22.3. The number of para-hydroxylation sites is 2. The molecule has 1 spiro atoms. The zero-order valence-electron chi connectivity index (χ0n) is 17.2. The molecule has 0 saturated heterocycles. The average Bonchev–Trinajstić information content (AvgIpc) is 3.06. The molecule has 3 N–H and O–H groups in total. The van der Waals surface area contributed by atoms with Gasteiger partial charge in [0.25, 0.3) is 0 Å². The molecule has 5 rings (SSSR count). The Bertz CT molecular complexity index is 1340. The van der Waals surface area contributed by atoms with E-state index < -0.39 is 28.8 Å². The van der Waals surface area contributed by atoms with E-state index in [0.717, 1.165) is 11.0 Å². The Morgan fingerprint density at radius 1 is 1.06 bits per heavy atom. The third-order valence-electron chi connectivity index (χ3n) is 6.38. The van der Waals surface area contributed by atoms with Gasteiger partial charge in [0.05, 0.1) is 16.8 Å². The van der Waals surface area contributed by atoms with Crippen LogP contribution in [0.4, 0.5) is 24.5 Å². The number of fused-ring (bicyclic) bond motifs is 3. The first-order valence-electron chi connectivity index (χ1n) is 10.3. The molecule has 0 bridgehead atoms. The lowest BCUT2D eigenvalue weighted by molar-refractivity contribution is -0.137.